The van der Waals surface area contributed by atoms with Crippen molar-refractivity contribution in [3.8, 4) is 0 Å². The maximum Gasteiger partial charge on any atom is 0.153 e. The standard InChI is InChI=1S/C17H25NO2S/c1-14(2)21(19,20)11-10-18-12-15-6-3-4-7-16(15)17(13-18)8-5-9-17/h3-4,6-7,14H,5,8-13H2,1-2H3. The summed E-state index contributed by atoms with van der Waals surface area (Å²) in [6, 6.07) is 8.71. The summed E-state index contributed by atoms with van der Waals surface area (Å²) in [6.07, 6.45) is 3.79. The summed E-state index contributed by atoms with van der Waals surface area (Å²) in [4.78, 5) is 2.35. The summed E-state index contributed by atoms with van der Waals surface area (Å²) in [5.74, 6) is 0.281. The Kier molecular flexibility index (Phi) is 3.87. The van der Waals surface area contributed by atoms with E-state index in [0.29, 0.717) is 12.0 Å². The van der Waals surface area contributed by atoms with Crippen molar-refractivity contribution in [2.45, 2.75) is 50.3 Å². The Balaban J connectivity index is 1.76. The van der Waals surface area contributed by atoms with E-state index in [0.717, 1.165) is 13.1 Å². The molecule has 2 aliphatic rings. The van der Waals surface area contributed by atoms with Crippen LogP contribution in [0.2, 0.25) is 0 Å². The minimum Gasteiger partial charge on any atom is -0.297 e. The molecule has 0 atom stereocenters. The lowest BCUT2D eigenvalue weighted by molar-refractivity contribution is 0.119. The highest BCUT2D eigenvalue weighted by molar-refractivity contribution is 7.92. The van der Waals surface area contributed by atoms with E-state index in [4.69, 9.17) is 0 Å². The number of rotatable bonds is 4. The number of hydrogen-bond acceptors (Lipinski definition) is 3. The first-order valence-corrected chi connectivity index (χ1v) is 9.67. The second-order valence-electron chi connectivity index (χ2n) is 6.92. The number of sulfone groups is 1. The summed E-state index contributed by atoms with van der Waals surface area (Å²) in [5.41, 5.74) is 3.21. The van der Waals surface area contributed by atoms with E-state index in [-0.39, 0.29) is 11.0 Å². The predicted molar refractivity (Wildman–Crippen MR) is 86.2 cm³/mol. The Morgan fingerprint density at radius 1 is 1.24 bits per heavy atom. The zero-order valence-corrected chi connectivity index (χ0v) is 13.8. The summed E-state index contributed by atoms with van der Waals surface area (Å²) < 4.78 is 24.1. The lowest BCUT2D eigenvalue weighted by Gasteiger charge is -2.50. The molecule has 4 heteroatoms. The van der Waals surface area contributed by atoms with E-state index >= 15 is 0 Å². The van der Waals surface area contributed by atoms with Gasteiger partial charge in [0.2, 0.25) is 0 Å². The Labute approximate surface area is 128 Å². The van der Waals surface area contributed by atoms with Gasteiger partial charge in [-0.05, 0) is 37.8 Å². The van der Waals surface area contributed by atoms with Gasteiger partial charge in [-0.25, -0.2) is 8.42 Å². The molecule has 1 saturated carbocycles. The molecule has 1 aromatic carbocycles. The molecule has 1 spiro atoms. The van der Waals surface area contributed by atoms with Crippen LogP contribution in [0.1, 0.15) is 44.2 Å². The van der Waals surface area contributed by atoms with E-state index < -0.39 is 9.84 Å². The smallest absolute Gasteiger partial charge is 0.153 e. The first kappa shape index (κ1) is 15.0. The quantitative estimate of drug-likeness (QED) is 0.858. The maximum absolute atomic E-state index is 12.0. The second-order valence-corrected chi connectivity index (χ2v) is 9.59. The molecule has 1 fully saturated rings. The van der Waals surface area contributed by atoms with Crippen LogP contribution in [0.5, 0.6) is 0 Å². The SMILES string of the molecule is CC(C)S(=O)(=O)CCN1Cc2ccccc2C2(CCC2)C1. The van der Waals surface area contributed by atoms with Crippen LogP contribution in [0.25, 0.3) is 0 Å². The van der Waals surface area contributed by atoms with Crippen LogP contribution in [0, 0.1) is 0 Å². The molecule has 1 heterocycles. The Morgan fingerprint density at radius 3 is 2.57 bits per heavy atom. The zero-order valence-electron chi connectivity index (χ0n) is 13.0. The molecular weight excluding hydrogens is 282 g/mol. The minimum atomic E-state index is -2.94. The van der Waals surface area contributed by atoms with Crippen molar-refractivity contribution >= 4 is 9.84 Å². The van der Waals surface area contributed by atoms with Gasteiger partial charge >= 0.3 is 0 Å². The number of benzene rings is 1. The van der Waals surface area contributed by atoms with Gasteiger partial charge < -0.3 is 0 Å². The van der Waals surface area contributed by atoms with Crippen molar-refractivity contribution < 1.29 is 8.42 Å². The molecule has 3 nitrogen and oxygen atoms in total. The first-order valence-electron chi connectivity index (χ1n) is 7.95. The summed E-state index contributed by atoms with van der Waals surface area (Å²) in [7, 11) is -2.94. The minimum absolute atomic E-state index is 0.271. The van der Waals surface area contributed by atoms with Crippen molar-refractivity contribution in [3.05, 3.63) is 35.4 Å². The van der Waals surface area contributed by atoms with Crippen molar-refractivity contribution in [1.29, 1.82) is 0 Å². The third kappa shape index (κ3) is 2.76. The molecule has 0 aromatic heterocycles. The van der Waals surface area contributed by atoms with E-state index in [9.17, 15) is 8.42 Å². The van der Waals surface area contributed by atoms with Gasteiger partial charge in [0.25, 0.3) is 0 Å². The van der Waals surface area contributed by atoms with Crippen LogP contribution in [0.3, 0.4) is 0 Å². The fourth-order valence-electron chi connectivity index (χ4n) is 3.67. The van der Waals surface area contributed by atoms with E-state index in [2.05, 4.69) is 29.2 Å². The van der Waals surface area contributed by atoms with Crippen LogP contribution in [-0.4, -0.2) is 37.4 Å². The van der Waals surface area contributed by atoms with Gasteiger partial charge in [-0.3, -0.25) is 4.90 Å². The molecule has 1 aliphatic heterocycles. The molecule has 0 saturated heterocycles. The predicted octanol–water partition coefficient (Wildman–Crippen LogP) is 2.75. The monoisotopic (exact) mass is 307 g/mol. The van der Waals surface area contributed by atoms with E-state index in [1.165, 1.54) is 30.4 Å². The maximum atomic E-state index is 12.0. The highest BCUT2D eigenvalue weighted by Crippen LogP contribution is 2.48. The first-order chi connectivity index (χ1) is 9.93. The molecule has 1 aromatic rings. The lowest BCUT2D eigenvalue weighted by Crippen LogP contribution is -2.50. The molecule has 21 heavy (non-hydrogen) atoms. The van der Waals surface area contributed by atoms with Crippen LogP contribution in [0.15, 0.2) is 24.3 Å². The highest BCUT2D eigenvalue weighted by Gasteiger charge is 2.43. The zero-order chi connectivity index (χ0) is 15.1. The Bertz CT molecular complexity index is 617. The molecular formula is C17H25NO2S. The van der Waals surface area contributed by atoms with Gasteiger partial charge in [-0.2, -0.15) is 0 Å². The molecule has 0 N–H and O–H groups in total. The summed E-state index contributed by atoms with van der Waals surface area (Å²) in [5, 5.41) is -0.271. The average Bonchev–Trinajstić information content (AvgIpc) is 2.42. The van der Waals surface area contributed by atoms with Gasteiger partial charge in [-0.1, -0.05) is 30.7 Å². The lowest BCUT2D eigenvalue weighted by atomic mass is 9.61. The molecule has 0 unspecified atom stereocenters. The van der Waals surface area contributed by atoms with Gasteiger partial charge in [0.05, 0.1) is 11.0 Å². The molecule has 0 amide bonds. The number of fused-ring (bicyclic) bond motifs is 2. The van der Waals surface area contributed by atoms with Crippen LogP contribution >= 0.6 is 0 Å². The highest BCUT2D eigenvalue weighted by atomic mass is 32.2. The van der Waals surface area contributed by atoms with Crippen molar-refractivity contribution in [3.63, 3.8) is 0 Å². The molecule has 3 rings (SSSR count). The average molecular weight is 307 g/mol. The Hall–Kier alpha value is -0.870. The van der Waals surface area contributed by atoms with Crippen molar-refractivity contribution in [2.75, 3.05) is 18.8 Å². The van der Waals surface area contributed by atoms with Gasteiger partial charge in [0.1, 0.15) is 0 Å². The third-order valence-corrected chi connectivity index (χ3v) is 7.42. The Morgan fingerprint density at radius 2 is 1.95 bits per heavy atom. The number of nitrogens with zero attached hydrogens (tertiary/aromatic N) is 1. The summed E-state index contributed by atoms with van der Waals surface area (Å²) in [6.45, 7) is 6.13. The number of hydrogen-bond donors (Lipinski definition) is 0. The fraction of sp³-hybridized carbons (Fsp3) is 0.647. The molecule has 0 bridgehead atoms. The largest absolute Gasteiger partial charge is 0.297 e. The second kappa shape index (κ2) is 5.40. The normalized spacial score (nSPS) is 21.3. The van der Waals surface area contributed by atoms with E-state index in [1.54, 1.807) is 13.8 Å². The molecule has 116 valence electrons. The molecule has 1 aliphatic carbocycles. The topological polar surface area (TPSA) is 37.4 Å². The fourth-order valence-corrected chi connectivity index (χ4v) is 4.65. The van der Waals surface area contributed by atoms with Crippen molar-refractivity contribution in [2.24, 2.45) is 0 Å². The molecule has 0 radical (unpaired) electrons. The summed E-state index contributed by atoms with van der Waals surface area (Å²) >= 11 is 0. The third-order valence-electron chi connectivity index (χ3n) is 5.23. The van der Waals surface area contributed by atoms with Crippen molar-refractivity contribution in [1.82, 2.24) is 4.90 Å². The van der Waals surface area contributed by atoms with Crippen LogP contribution in [0.4, 0.5) is 0 Å². The van der Waals surface area contributed by atoms with Crippen LogP contribution < -0.4 is 0 Å². The van der Waals surface area contributed by atoms with E-state index in [1.807, 2.05) is 0 Å². The van der Waals surface area contributed by atoms with Gasteiger partial charge in [-0.15, -0.1) is 0 Å². The van der Waals surface area contributed by atoms with Gasteiger partial charge in [0, 0.05) is 25.0 Å². The van der Waals surface area contributed by atoms with Crippen LogP contribution in [-0.2, 0) is 21.8 Å². The van der Waals surface area contributed by atoms with Gasteiger partial charge in [0.15, 0.2) is 9.84 Å².